The lowest BCUT2D eigenvalue weighted by Crippen LogP contribution is -1.90. The molecule has 0 amide bonds. The smallest absolute Gasteiger partial charge is 0.249 e. The topological polar surface area (TPSA) is 24.7 Å². The zero-order chi connectivity index (χ0) is 7.56. The van der Waals surface area contributed by atoms with Gasteiger partial charge in [-0.3, -0.25) is 0 Å². The minimum absolute atomic E-state index is 0.132. The predicted octanol–water partition coefficient (Wildman–Crippen LogP) is 1.55. The van der Waals surface area contributed by atoms with Crippen molar-refractivity contribution in [2.75, 3.05) is 6.54 Å². The molecule has 1 aliphatic heterocycles. The highest BCUT2D eigenvalue weighted by molar-refractivity contribution is 5.92. The third-order valence-electron chi connectivity index (χ3n) is 0.879. The minimum atomic E-state index is -1.63. The minimum Gasteiger partial charge on any atom is -0.249 e. The molecular formula is C5H3F3N2. The highest BCUT2D eigenvalue weighted by Crippen LogP contribution is 2.13. The van der Waals surface area contributed by atoms with Gasteiger partial charge in [0.15, 0.2) is 0 Å². The second-order valence-corrected chi connectivity index (χ2v) is 1.55. The van der Waals surface area contributed by atoms with Gasteiger partial charge in [0.25, 0.3) is 5.95 Å². The lowest BCUT2D eigenvalue weighted by atomic mass is 10.6. The standard InChI is InChI=1S/C5H3F3N2/c6-3-4(7)9-1-2-10-5(3)8/h1H,2H2. The summed E-state index contributed by atoms with van der Waals surface area (Å²) in [5.41, 5.74) is 0. The summed E-state index contributed by atoms with van der Waals surface area (Å²) in [6.45, 7) is -0.132. The summed E-state index contributed by atoms with van der Waals surface area (Å²) < 4.78 is 36.3. The molecule has 0 N–H and O–H groups in total. The van der Waals surface area contributed by atoms with Crippen LogP contribution >= 0.6 is 0 Å². The fourth-order valence-corrected chi connectivity index (χ4v) is 0.453. The Morgan fingerprint density at radius 3 is 2.70 bits per heavy atom. The van der Waals surface area contributed by atoms with Crippen molar-refractivity contribution in [2.45, 2.75) is 0 Å². The second kappa shape index (κ2) is 2.64. The normalized spacial score (nSPS) is 18.9. The fraction of sp³-hybridized carbons (Fsp3) is 0.200. The lowest BCUT2D eigenvalue weighted by molar-refractivity contribution is 0.543. The third kappa shape index (κ3) is 1.23. The van der Waals surface area contributed by atoms with E-state index < -0.39 is 17.7 Å². The SMILES string of the molecule is FC1=NCC=NC(F)=C1F. The fourth-order valence-electron chi connectivity index (χ4n) is 0.453. The van der Waals surface area contributed by atoms with Gasteiger partial charge in [-0.05, 0) is 0 Å². The van der Waals surface area contributed by atoms with E-state index in [0.717, 1.165) is 6.21 Å². The van der Waals surface area contributed by atoms with E-state index in [4.69, 9.17) is 0 Å². The summed E-state index contributed by atoms with van der Waals surface area (Å²) >= 11 is 0. The van der Waals surface area contributed by atoms with Crippen LogP contribution in [0.25, 0.3) is 0 Å². The summed E-state index contributed by atoms with van der Waals surface area (Å²) in [6, 6.07) is 0. The lowest BCUT2D eigenvalue weighted by Gasteiger charge is -1.86. The maximum absolute atomic E-state index is 12.1. The number of rotatable bonds is 0. The Labute approximate surface area is 54.8 Å². The largest absolute Gasteiger partial charge is 0.253 e. The van der Waals surface area contributed by atoms with Crippen molar-refractivity contribution in [1.29, 1.82) is 0 Å². The second-order valence-electron chi connectivity index (χ2n) is 1.55. The Balaban J connectivity index is 3.02. The van der Waals surface area contributed by atoms with Crippen molar-refractivity contribution < 1.29 is 13.2 Å². The van der Waals surface area contributed by atoms with Gasteiger partial charge in [-0.1, -0.05) is 0 Å². The number of nitrogens with zero attached hydrogens (tertiary/aromatic N) is 2. The first-order valence-corrected chi connectivity index (χ1v) is 2.50. The van der Waals surface area contributed by atoms with E-state index in [-0.39, 0.29) is 6.54 Å². The van der Waals surface area contributed by atoms with Gasteiger partial charge in [-0.25, -0.2) is 9.98 Å². The van der Waals surface area contributed by atoms with Gasteiger partial charge in [0, 0.05) is 6.21 Å². The maximum atomic E-state index is 12.1. The molecule has 0 aromatic carbocycles. The third-order valence-corrected chi connectivity index (χ3v) is 0.879. The zero-order valence-corrected chi connectivity index (χ0v) is 4.81. The molecule has 0 aliphatic carbocycles. The maximum Gasteiger partial charge on any atom is 0.253 e. The van der Waals surface area contributed by atoms with Crippen molar-refractivity contribution in [3.05, 3.63) is 11.8 Å². The van der Waals surface area contributed by atoms with Crippen LogP contribution in [-0.2, 0) is 0 Å². The highest BCUT2D eigenvalue weighted by atomic mass is 19.2. The van der Waals surface area contributed by atoms with E-state index in [1.54, 1.807) is 0 Å². The van der Waals surface area contributed by atoms with Gasteiger partial charge in [0.2, 0.25) is 11.8 Å². The molecule has 0 radical (unpaired) electrons. The molecule has 1 rings (SSSR count). The van der Waals surface area contributed by atoms with E-state index in [1.807, 2.05) is 0 Å². The summed E-state index contributed by atoms with van der Waals surface area (Å²) in [5, 5.41) is 0. The molecule has 0 bridgehead atoms. The molecule has 0 spiro atoms. The molecule has 0 aromatic rings. The van der Waals surface area contributed by atoms with Crippen LogP contribution in [0.1, 0.15) is 0 Å². The summed E-state index contributed by atoms with van der Waals surface area (Å²) in [5.74, 6) is -4.53. The Morgan fingerprint density at radius 2 is 2.00 bits per heavy atom. The van der Waals surface area contributed by atoms with E-state index in [1.165, 1.54) is 0 Å². The molecule has 0 fully saturated rings. The van der Waals surface area contributed by atoms with Crippen LogP contribution in [0.2, 0.25) is 0 Å². The van der Waals surface area contributed by atoms with Crippen LogP contribution in [-0.4, -0.2) is 18.7 Å². The summed E-state index contributed by atoms with van der Waals surface area (Å²) in [7, 11) is 0. The van der Waals surface area contributed by atoms with E-state index in [2.05, 4.69) is 9.98 Å². The number of hydrogen-bond acceptors (Lipinski definition) is 2. The van der Waals surface area contributed by atoms with Crippen molar-refractivity contribution in [2.24, 2.45) is 9.98 Å². The number of hydrogen-bond donors (Lipinski definition) is 0. The molecule has 0 aromatic heterocycles. The van der Waals surface area contributed by atoms with E-state index >= 15 is 0 Å². The van der Waals surface area contributed by atoms with Gasteiger partial charge >= 0.3 is 0 Å². The number of allylic oxidation sites excluding steroid dienone is 1. The van der Waals surface area contributed by atoms with E-state index in [9.17, 15) is 13.2 Å². The van der Waals surface area contributed by atoms with Gasteiger partial charge < -0.3 is 0 Å². The molecule has 0 saturated carbocycles. The molecule has 0 saturated heterocycles. The molecule has 0 unspecified atom stereocenters. The zero-order valence-electron chi connectivity index (χ0n) is 4.81. The quantitative estimate of drug-likeness (QED) is 0.465. The average Bonchev–Trinajstić information content (AvgIpc) is 2.04. The first-order chi connectivity index (χ1) is 4.72. The monoisotopic (exact) mass is 148 g/mol. The van der Waals surface area contributed by atoms with Crippen molar-refractivity contribution in [3.8, 4) is 0 Å². The Hall–Kier alpha value is -1.13. The Bertz CT molecular complexity index is 229. The first kappa shape index (κ1) is 6.98. The molecule has 10 heavy (non-hydrogen) atoms. The summed E-state index contributed by atoms with van der Waals surface area (Å²) in [6.07, 6.45) is 0.988. The molecule has 5 heteroatoms. The van der Waals surface area contributed by atoms with Gasteiger partial charge in [0.1, 0.15) is 0 Å². The predicted molar refractivity (Wildman–Crippen MR) is 31.1 cm³/mol. The van der Waals surface area contributed by atoms with Gasteiger partial charge in [-0.15, -0.1) is 0 Å². The van der Waals surface area contributed by atoms with Crippen molar-refractivity contribution in [1.82, 2.24) is 0 Å². The van der Waals surface area contributed by atoms with Crippen molar-refractivity contribution >= 4 is 12.2 Å². The molecular weight excluding hydrogens is 145 g/mol. The van der Waals surface area contributed by atoms with Crippen LogP contribution in [0.3, 0.4) is 0 Å². The Morgan fingerprint density at radius 1 is 1.30 bits per heavy atom. The van der Waals surface area contributed by atoms with E-state index in [0.29, 0.717) is 0 Å². The molecule has 1 aliphatic rings. The number of aliphatic imine (C=N–C) groups is 2. The summed E-state index contributed by atoms with van der Waals surface area (Å²) in [4.78, 5) is 5.90. The van der Waals surface area contributed by atoms with Crippen LogP contribution in [0.4, 0.5) is 13.2 Å². The Kier molecular flexibility index (Phi) is 1.84. The molecule has 1 heterocycles. The van der Waals surface area contributed by atoms with Gasteiger partial charge in [0.05, 0.1) is 6.54 Å². The number of halogens is 3. The van der Waals surface area contributed by atoms with Crippen LogP contribution < -0.4 is 0 Å². The van der Waals surface area contributed by atoms with Crippen LogP contribution in [0.5, 0.6) is 0 Å². The first-order valence-electron chi connectivity index (χ1n) is 2.50. The van der Waals surface area contributed by atoms with Gasteiger partial charge in [-0.2, -0.15) is 13.2 Å². The molecule has 54 valence electrons. The molecule has 2 nitrogen and oxygen atoms in total. The average molecular weight is 148 g/mol. The molecule has 0 atom stereocenters. The highest BCUT2D eigenvalue weighted by Gasteiger charge is 2.13. The van der Waals surface area contributed by atoms with Crippen LogP contribution in [0, 0.1) is 0 Å². The van der Waals surface area contributed by atoms with Crippen molar-refractivity contribution in [3.63, 3.8) is 0 Å². The van der Waals surface area contributed by atoms with Crippen LogP contribution in [0.15, 0.2) is 21.8 Å².